The summed E-state index contributed by atoms with van der Waals surface area (Å²) in [4.78, 5) is 13.0. The number of hydrogen-bond acceptors (Lipinski definition) is 3. The summed E-state index contributed by atoms with van der Waals surface area (Å²) in [6, 6.07) is 32.8. The zero-order valence-corrected chi connectivity index (χ0v) is 23.2. The molecule has 0 N–H and O–H groups in total. The molecule has 4 aromatic rings. The number of para-hydroxylation sites is 2. The van der Waals surface area contributed by atoms with Crippen LogP contribution in [0.25, 0.3) is 22.3 Å². The summed E-state index contributed by atoms with van der Waals surface area (Å²) in [7, 11) is 0. The number of benzene rings is 4. The predicted molar refractivity (Wildman–Crippen MR) is 162 cm³/mol. The summed E-state index contributed by atoms with van der Waals surface area (Å²) in [6.45, 7) is 0. The molecule has 0 amide bonds. The van der Waals surface area contributed by atoms with Gasteiger partial charge in [0.2, 0.25) is 0 Å². The maximum atomic E-state index is 13.0. The normalized spacial score (nSPS) is 16.4. The molecular weight excluding hydrogens is 492 g/mol. The second-order valence-corrected chi connectivity index (χ2v) is 11.4. The molecule has 2 aliphatic carbocycles. The molecule has 2 saturated carbocycles. The topological polar surface area (TPSA) is 35.5 Å². The molecule has 0 saturated heterocycles. The van der Waals surface area contributed by atoms with Crippen molar-refractivity contribution in [2.75, 3.05) is 0 Å². The first-order valence-corrected chi connectivity index (χ1v) is 15.0. The van der Waals surface area contributed by atoms with E-state index in [0.29, 0.717) is 23.3 Å². The van der Waals surface area contributed by atoms with Gasteiger partial charge in [-0.15, -0.1) is 0 Å². The van der Waals surface area contributed by atoms with E-state index in [0.717, 1.165) is 22.3 Å². The van der Waals surface area contributed by atoms with Crippen LogP contribution in [0.4, 0.5) is 4.79 Å². The lowest BCUT2D eigenvalue weighted by atomic mass is 9.83. The molecule has 0 unspecified atom stereocenters. The average molecular weight is 531 g/mol. The van der Waals surface area contributed by atoms with Gasteiger partial charge < -0.3 is 9.47 Å². The highest BCUT2D eigenvalue weighted by molar-refractivity contribution is 5.78. The van der Waals surface area contributed by atoms with Crippen LogP contribution in [0, 0.1) is 0 Å². The van der Waals surface area contributed by atoms with Crippen molar-refractivity contribution in [2.45, 2.75) is 76.0 Å². The minimum Gasteiger partial charge on any atom is -0.394 e. The van der Waals surface area contributed by atoms with Crippen molar-refractivity contribution in [3.63, 3.8) is 0 Å². The molecule has 4 aromatic carbocycles. The van der Waals surface area contributed by atoms with E-state index in [-0.39, 0.29) is 0 Å². The van der Waals surface area contributed by atoms with Crippen LogP contribution in [-0.4, -0.2) is 6.16 Å². The van der Waals surface area contributed by atoms with E-state index >= 15 is 0 Å². The van der Waals surface area contributed by atoms with Gasteiger partial charge in [-0.05, 0) is 71.9 Å². The van der Waals surface area contributed by atoms with Gasteiger partial charge >= 0.3 is 6.16 Å². The van der Waals surface area contributed by atoms with Gasteiger partial charge in [-0.1, -0.05) is 123 Å². The van der Waals surface area contributed by atoms with Crippen LogP contribution in [0.3, 0.4) is 0 Å². The quantitative estimate of drug-likeness (QED) is 0.184. The molecule has 3 heteroatoms. The fourth-order valence-electron chi connectivity index (χ4n) is 6.53. The van der Waals surface area contributed by atoms with Crippen molar-refractivity contribution in [3.8, 4) is 33.8 Å². The minimum atomic E-state index is -0.738. The van der Waals surface area contributed by atoms with Crippen LogP contribution in [0.15, 0.2) is 97.1 Å². The Bertz CT molecular complexity index is 1300. The molecule has 3 nitrogen and oxygen atoms in total. The van der Waals surface area contributed by atoms with Crippen LogP contribution < -0.4 is 9.47 Å². The number of carbonyl (C=O) groups excluding carboxylic acids is 1. The molecule has 0 spiro atoms. The van der Waals surface area contributed by atoms with Crippen molar-refractivity contribution in [2.24, 2.45) is 0 Å². The smallest absolute Gasteiger partial charge is 0.394 e. The third-order valence-corrected chi connectivity index (χ3v) is 8.76. The van der Waals surface area contributed by atoms with Gasteiger partial charge in [-0.3, -0.25) is 0 Å². The molecule has 0 aliphatic heterocycles. The highest BCUT2D eigenvalue weighted by Gasteiger charge is 2.19. The molecule has 0 aromatic heterocycles. The van der Waals surface area contributed by atoms with Crippen LogP contribution in [0.1, 0.15) is 87.2 Å². The average Bonchev–Trinajstić information content (AvgIpc) is 3.03. The second kappa shape index (κ2) is 12.6. The van der Waals surface area contributed by atoms with Crippen LogP contribution in [0.5, 0.6) is 11.5 Å². The Labute approximate surface area is 238 Å². The predicted octanol–water partition coefficient (Wildman–Crippen LogP) is 10.7. The van der Waals surface area contributed by atoms with Gasteiger partial charge in [0.05, 0.1) is 0 Å². The van der Waals surface area contributed by atoms with Gasteiger partial charge in [0.1, 0.15) is 11.5 Å². The van der Waals surface area contributed by atoms with E-state index in [1.54, 1.807) is 0 Å². The largest absolute Gasteiger partial charge is 0.519 e. The Kier molecular flexibility index (Phi) is 8.28. The maximum Gasteiger partial charge on any atom is 0.519 e. The van der Waals surface area contributed by atoms with E-state index in [1.165, 1.54) is 75.3 Å². The van der Waals surface area contributed by atoms with E-state index in [9.17, 15) is 4.79 Å². The summed E-state index contributed by atoms with van der Waals surface area (Å²) in [6.07, 6.45) is 12.3. The monoisotopic (exact) mass is 530 g/mol. The Morgan fingerprint density at radius 3 is 1.25 bits per heavy atom. The fraction of sp³-hybridized carbons (Fsp3) is 0.324. The summed E-state index contributed by atoms with van der Waals surface area (Å²) >= 11 is 0. The van der Waals surface area contributed by atoms with Crippen LogP contribution >= 0.6 is 0 Å². The standard InChI is InChI=1S/C37H38O3/c38-37(39-35-17-9-7-15-33(35)31-23-19-29(20-24-31)27-11-3-1-4-12-27)40-36-18-10-8-16-34(36)32-25-21-30(22-26-32)28-13-5-2-6-14-28/h7-10,15-28H,1-6,11-14H2. The lowest BCUT2D eigenvalue weighted by Crippen LogP contribution is -2.14. The molecule has 0 atom stereocenters. The van der Waals surface area contributed by atoms with E-state index in [1.807, 2.05) is 48.5 Å². The lowest BCUT2D eigenvalue weighted by Gasteiger charge is -2.22. The Hall–Kier alpha value is -3.85. The van der Waals surface area contributed by atoms with Gasteiger partial charge in [0, 0.05) is 11.1 Å². The Morgan fingerprint density at radius 2 is 0.850 bits per heavy atom. The van der Waals surface area contributed by atoms with Crippen LogP contribution in [0.2, 0.25) is 0 Å². The zero-order valence-electron chi connectivity index (χ0n) is 23.2. The molecular formula is C37H38O3. The lowest BCUT2D eigenvalue weighted by molar-refractivity contribution is 0.152. The summed E-state index contributed by atoms with van der Waals surface area (Å²) in [5, 5.41) is 0. The SMILES string of the molecule is O=C(Oc1ccccc1-c1ccc(C2CCCCC2)cc1)Oc1ccccc1-c1ccc(C2CCCCC2)cc1. The van der Waals surface area contributed by atoms with Crippen molar-refractivity contribution in [1.82, 2.24) is 0 Å². The second-order valence-electron chi connectivity index (χ2n) is 11.4. The molecule has 0 heterocycles. The first-order chi connectivity index (χ1) is 19.7. The summed E-state index contributed by atoms with van der Waals surface area (Å²) in [5.41, 5.74) is 6.62. The van der Waals surface area contributed by atoms with Crippen molar-refractivity contribution >= 4 is 6.16 Å². The van der Waals surface area contributed by atoms with E-state index < -0.39 is 6.16 Å². The molecule has 0 radical (unpaired) electrons. The third-order valence-electron chi connectivity index (χ3n) is 8.76. The van der Waals surface area contributed by atoms with E-state index in [2.05, 4.69) is 48.5 Å². The highest BCUT2D eigenvalue weighted by atomic mass is 16.7. The number of carbonyl (C=O) groups is 1. The Balaban J connectivity index is 1.16. The maximum absolute atomic E-state index is 13.0. The van der Waals surface area contributed by atoms with Gasteiger partial charge in [0.25, 0.3) is 0 Å². The van der Waals surface area contributed by atoms with Gasteiger partial charge in [0.15, 0.2) is 0 Å². The first-order valence-electron chi connectivity index (χ1n) is 15.0. The van der Waals surface area contributed by atoms with Crippen LogP contribution in [-0.2, 0) is 0 Å². The molecule has 2 aliphatic rings. The molecule has 40 heavy (non-hydrogen) atoms. The highest BCUT2D eigenvalue weighted by Crippen LogP contribution is 2.37. The zero-order chi connectivity index (χ0) is 27.1. The molecule has 0 bridgehead atoms. The summed E-state index contributed by atoms with van der Waals surface area (Å²) < 4.78 is 11.6. The van der Waals surface area contributed by atoms with Crippen molar-refractivity contribution in [3.05, 3.63) is 108 Å². The summed E-state index contributed by atoms with van der Waals surface area (Å²) in [5.74, 6) is 2.31. The Morgan fingerprint density at radius 1 is 0.475 bits per heavy atom. The number of ether oxygens (including phenoxy) is 2. The van der Waals surface area contributed by atoms with Gasteiger partial charge in [-0.25, -0.2) is 4.79 Å². The number of hydrogen-bond donors (Lipinski definition) is 0. The first kappa shape index (κ1) is 26.4. The van der Waals surface area contributed by atoms with Gasteiger partial charge in [-0.2, -0.15) is 0 Å². The minimum absolute atomic E-state index is 0.493. The van der Waals surface area contributed by atoms with Crippen molar-refractivity contribution < 1.29 is 14.3 Å². The fourth-order valence-corrected chi connectivity index (χ4v) is 6.53. The number of rotatable bonds is 6. The molecule has 2 fully saturated rings. The molecule has 204 valence electrons. The molecule has 6 rings (SSSR count). The van der Waals surface area contributed by atoms with Crippen molar-refractivity contribution in [1.29, 1.82) is 0 Å². The van der Waals surface area contributed by atoms with E-state index in [4.69, 9.17) is 9.47 Å². The third kappa shape index (κ3) is 6.14.